The summed E-state index contributed by atoms with van der Waals surface area (Å²) in [5, 5.41) is 17.1. The van der Waals surface area contributed by atoms with Crippen molar-refractivity contribution in [2.24, 2.45) is 25.9 Å². The van der Waals surface area contributed by atoms with Crippen LogP contribution in [0.3, 0.4) is 0 Å². The van der Waals surface area contributed by atoms with Gasteiger partial charge in [0.15, 0.2) is 6.17 Å². The number of rotatable bonds is 4. The van der Waals surface area contributed by atoms with Gasteiger partial charge >= 0.3 is 0 Å². The molecule has 2 aliphatic rings. The minimum atomic E-state index is -0.239. The van der Waals surface area contributed by atoms with E-state index in [0.717, 1.165) is 18.8 Å². The van der Waals surface area contributed by atoms with E-state index in [2.05, 4.69) is 36.2 Å². The molecule has 0 spiro atoms. The highest BCUT2D eigenvalue weighted by molar-refractivity contribution is 5.84. The smallest absolute Gasteiger partial charge is 0.169 e. The van der Waals surface area contributed by atoms with Crippen molar-refractivity contribution in [3.8, 4) is 6.07 Å². The van der Waals surface area contributed by atoms with Crippen LogP contribution in [0.15, 0.2) is 38.5 Å². The van der Waals surface area contributed by atoms with Gasteiger partial charge in [0.05, 0.1) is 17.4 Å². The summed E-state index contributed by atoms with van der Waals surface area (Å²) in [5.41, 5.74) is 6.60. The van der Waals surface area contributed by atoms with Gasteiger partial charge in [-0.3, -0.25) is 4.99 Å². The number of amidine groups is 2. The number of anilines is 1. The molecule has 0 bridgehead atoms. The van der Waals surface area contributed by atoms with Gasteiger partial charge in [-0.05, 0) is 25.5 Å². The van der Waals surface area contributed by atoms with Gasteiger partial charge in [0.1, 0.15) is 17.7 Å². The standard InChI is InChI=1S/C15H18N8/c1-10-19-14(22-21-10)7-13(17)20-12-4-6-23(9-12)15-11(8-16)3-2-5-18-15/h2-3,5,12,14H,4,6-7,9H2,1H3,(H2,17,20). The van der Waals surface area contributed by atoms with Crippen molar-refractivity contribution in [3.63, 3.8) is 0 Å². The topological polar surface area (TPSA) is 115 Å². The van der Waals surface area contributed by atoms with Crippen LogP contribution in [0, 0.1) is 11.3 Å². The molecule has 1 aromatic rings. The largest absolute Gasteiger partial charge is 0.387 e. The van der Waals surface area contributed by atoms with Gasteiger partial charge in [-0.15, -0.1) is 5.11 Å². The highest BCUT2D eigenvalue weighted by Gasteiger charge is 2.25. The van der Waals surface area contributed by atoms with Crippen molar-refractivity contribution in [1.29, 1.82) is 5.26 Å². The van der Waals surface area contributed by atoms with E-state index >= 15 is 0 Å². The molecule has 8 nitrogen and oxygen atoms in total. The molecule has 2 aliphatic heterocycles. The second kappa shape index (κ2) is 6.52. The minimum Gasteiger partial charge on any atom is -0.387 e. The summed E-state index contributed by atoms with van der Waals surface area (Å²) in [6, 6.07) is 5.83. The Bertz CT molecular complexity index is 714. The maximum atomic E-state index is 9.17. The SMILES string of the molecule is CC1=NC(CC(N)=NC2CCN(c3ncccc3C#N)C2)N=N1. The van der Waals surface area contributed by atoms with Crippen molar-refractivity contribution in [1.82, 2.24) is 4.98 Å². The third-order valence-electron chi connectivity index (χ3n) is 3.78. The maximum absolute atomic E-state index is 9.17. The number of hydrogen-bond acceptors (Lipinski definition) is 7. The molecule has 1 aromatic heterocycles. The van der Waals surface area contributed by atoms with Crippen molar-refractivity contribution in [2.75, 3.05) is 18.0 Å². The van der Waals surface area contributed by atoms with E-state index in [1.807, 2.05) is 6.92 Å². The molecule has 1 fully saturated rings. The predicted octanol–water partition coefficient (Wildman–Crippen LogP) is 1.49. The molecule has 23 heavy (non-hydrogen) atoms. The van der Waals surface area contributed by atoms with Gasteiger partial charge in [-0.2, -0.15) is 10.4 Å². The number of pyridine rings is 1. The second-order valence-electron chi connectivity index (χ2n) is 5.57. The van der Waals surface area contributed by atoms with Crippen LogP contribution in [0.5, 0.6) is 0 Å². The predicted molar refractivity (Wildman–Crippen MR) is 87.6 cm³/mol. The first-order valence-corrected chi connectivity index (χ1v) is 7.53. The summed E-state index contributed by atoms with van der Waals surface area (Å²) in [5.74, 6) is 1.94. The van der Waals surface area contributed by atoms with Gasteiger partial charge < -0.3 is 10.6 Å². The van der Waals surface area contributed by atoms with Crippen LogP contribution in [0.4, 0.5) is 5.82 Å². The van der Waals surface area contributed by atoms with Gasteiger partial charge in [-0.25, -0.2) is 9.98 Å². The molecule has 0 aromatic carbocycles. The first-order valence-electron chi connectivity index (χ1n) is 7.53. The molecule has 0 radical (unpaired) electrons. The minimum absolute atomic E-state index is 0.104. The van der Waals surface area contributed by atoms with Crippen molar-refractivity contribution < 1.29 is 0 Å². The Morgan fingerprint density at radius 2 is 2.43 bits per heavy atom. The Balaban J connectivity index is 1.62. The zero-order valence-corrected chi connectivity index (χ0v) is 12.9. The van der Waals surface area contributed by atoms with Gasteiger partial charge in [0.25, 0.3) is 0 Å². The van der Waals surface area contributed by atoms with E-state index in [4.69, 9.17) is 5.73 Å². The van der Waals surface area contributed by atoms with Crippen LogP contribution in [-0.4, -0.2) is 42.0 Å². The van der Waals surface area contributed by atoms with Crippen molar-refractivity contribution >= 4 is 17.5 Å². The number of hydrogen-bond donors (Lipinski definition) is 1. The highest BCUT2D eigenvalue weighted by Crippen LogP contribution is 2.23. The third-order valence-corrected chi connectivity index (χ3v) is 3.78. The second-order valence-corrected chi connectivity index (χ2v) is 5.57. The average Bonchev–Trinajstić information content (AvgIpc) is 3.16. The molecule has 1 saturated heterocycles. The van der Waals surface area contributed by atoms with E-state index in [1.165, 1.54) is 0 Å². The van der Waals surface area contributed by atoms with Gasteiger partial charge in [0.2, 0.25) is 0 Å². The van der Waals surface area contributed by atoms with Gasteiger partial charge in [0, 0.05) is 25.7 Å². The fourth-order valence-electron chi connectivity index (χ4n) is 2.75. The fraction of sp³-hybridized carbons (Fsp3) is 0.467. The van der Waals surface area contributed by atoms with E-state index in [9.17, 15) is 5.26 Å². The number of nitrogens with two attached hydrogens (primary N) is 1. The zero-order valence-electron chi connectivity index (χ0n) is 12.9. The Morgan fingerprint density at radius 3 is 3.17 bits per heavy atom. The molecular formula is C15H18N8. The lowest BCUT2D eigenvalue weighted by atomic mass is 10.2. The van der Waals surface area contributed by atoms with Crippen LogP contribution in [0.25, 0.3) is 0 Å². The van der Waals surface area contributed by atoms with Crippen molar-refractivity contribution in [2.45, 2.75) is 32.0 Å². The van der Waals surface area contributed by atoms with Gasteiger partial charge in [-0.1, -0.05) is 0 Å². The normalized spacial score (nSPS) is 23.9. The summed E-state index contributed by atoms with van der Waals surface area (Å²) in [6.07, 6.45) is 2.84. The Morgan fingerprint density at radius 1 is 1.57 bits per heavy atom. The molecule has 118 valence electrons. The lowest BCUT2D eigenvalue weighted by Crippen LogP contribution is -2.25. The fourth-order valence-corrected chi connectivity index (χ4v) is 2.75. The van der Waals surface area contributed by atoms with E-state index in [0.29, 0.717) is 30.2 Å². The lowest BCUT2D eigenvalue weighted by Gasteiger charge is -2.17. The molecule has 0 amide bonds. The highest BCUT2D eigenvalue weighted by atomic mass is 15.3. The summed E-state index contributed by atoms with van der Waals surface area (Å²) in [4.78, 5) is 15.2. The maximum Gasteiger partial charge on any atom is 0.169 e. The Hall–Kier alpha value is -2.82. The molecule has 8 heteroatoms. The molecule has 2 unspecified atom stereocenters. The Kier molecular flexibility index (Phi) is 4.28. The molecule has 2 atom stereocenters. The number of aliphatic imine (C=N–C) groups is 2. The van der Waals surface area contributed by atoms with Crippen LogP contribution in [0.1, 0.15) is 25.3 Å². The summed E-state index contributed by atoms with van der Waals surface area (Å²) in [7, 11) is 0. The average molecular weight is 310 g/mol. The molecule has 0 aliphatic carbocycles. The van der Waals surface area contributed by atoms with E-state index in [1.54, 1.807) is 18.3 Å². The molecule has 0 saturated carbocycles. The first kappa shape index (κ1) is 15.1. The summed E-state index contributed by atoms with van der Waals surface area (Å²) in [6.45, 7) is 3.33. The molecular weight excluding hydrogens is 292 g/mol. The van der Waals surface area contributed by atoms with Crippen LogP contribution >= 0.6 is 0 Å². The number of nitrogens with zero attached hydrogens (tertiary/aromatic N) is 7. The zero-order chi connectivity index (χ0) is 16.2. The number of azo groups is 1. The van der Waals surface area contributed by atoms with Crippen LogP contribution < -0.4 is 10.6 Å². The molecule has 3 rings (SSSR count). The number of aromatic nitrogens is 1. The van der Waals surface area contributed by atoms with Crippen LogP contribution in [0.2, 0.25) is 0 Å². The first-order chi connectivity index (χ1) is 11.2. The number of nitriles is 1. The van der Waals surface area contributed by atoms with Crippen LogP contribution in [-0.2, 0) is 0 Å². The quantitative estimate of drug-likeness (QED) is 0.670. The lowest BCUT2D eigenvalue weighted by molar-refractivity contribution is 0.710. The Labute approximate surface area is 134 Å². The third kappa shape index (κ3) is 3.51. The van der Waals surface area contributed by atoms with E-state index < -0.39 is 0 Å². The summed E-state index contributed by atoms with van der Waals surface area (Å²) >= 11 is 0. The molecule has 2 N–H and O–H groups in total. The van der Waals surface area contributed by atoms with E-state index in [-0.39, 0.29) is 12.2 Å². The molecule has 3 heterocycles. The monoisotopic (exact) mass is 310 g/mol. The summed E-state index contributed by atoms with van der Waals surface area (Å²) < 4.78 is 0. The van der Waals surface area contributed by atoms with Crippen molar-refractivity contribution in [3.05, 3.63) is 23.9 Å².